The summed E-state index contributed by atoms with van der Waals surface area (Å²) in [5.41, 5.74) is 0.873. The molecule has 0 amide bonds. The third-order valence-corrected chi connectivity index (χ3v) is 2.03. The van der Waals surface area contributed by atoms with Crippen molar-refractivity contribution in [2.45, 2.75) is 6.92 Å². The summed E-state index contributed by atoms with van der Waals surface area (Å²) >= 11 is 0. The van der Waals surface area contributed by atoms with Crippen LogP contribution in [0.25, 0.3) is 6.08 Å². The maximum Gasteiger partial charge on any atom is 0.163 e. The molecule has 0 saturated carbocycles. The fraction of sp³-hybridized carbons (Fsp3) is 0.214. The summed E-state index contributed by atoms with van der Waals surface area (Å²) < 4.78 is 10.6. The van der Waals surface area contributed by atoms with Gasteiger partial charge < -0.3 is 9.47 Å². The minimum absolute atomic E-state index is 0.313. The molecule has 3 heteroatoms. The predicted octanol–water partition coefficient (Wildman–Crippen LogP) is 2.31. The third-order valence-electron chi connectivity index (χ3n) is 2.03. The van der Waals surface area contributed by atoms with Crippen LogP contribution >= 0.6 is 0 Å². The highest BCUT2D eigenvalue weighted by molar-refractivity contribution is 5.74. The molecule has 0 heterocycles. The highest BCUT2D eigenvalue weighted by Gasteiger charge is 2.03. The first-order chi connectivity index (χ1) is 8.31. The summed E-state index contributed by atoms with van der Waals surface area (Å²) in [7, 11) is 1.58. The molecule has 0 unspecified atom stereocenters. The van der Waals surface area contributed by atoms with Crippen molar-refractivity contribution in [3.05, 3.63) is 29.8 Å². The molecule has 0 aliphatic heterocycles. The Hall–Kier alpha value is -2.21. The van der Waals surface area contributed by atoms with E-state index in [-0.39, 0.29) is 0 Å². The van der Waals surface area contributed by atoms with Crippen LogP contribution in [-0.2, 0) is 4.79 Å². The highest BCUT2D eigenvalue weighted by Crippen LogP contribution is 2.28. The van der Waals surface area contributed by atoms with Crippen molar-refractivity contribution in [1.82, 2.24) is 0 Å². The first-order valence-corrected chi connectivity index (χ1v) is 5.14. The van der Waals surface area contributed by atoms with Gasteiger partial charge in [-0.1, -0.05) is 18.1 Å². The minimum Gasteiger partial charge on any atom is -0.493 e. The van der Waals surface area contributed by atoms with Gasteiger partial charge in [0.25, 0.3) is 0 Å². The number of benzene rings is 1. The number of carbonyl (C=O) groups is 1. The van der Waals surface area contributed by atoms with E-state index in [1.807, 2.05) is 6.07 Å². The fourth-order valence-corrected chi connectivity index (χ4v) is 1.25. The van der Waals surface area contributed by atoms with Crippen LogP contribution in [0.5, 0.6) is 11.5 Å². The first-order valence-electron chi connectivity index (χ1n) is 5.14. The smallest absolute Gasteiger partial charge is 0.163 e. The molecule has 0 atom stereocenters. The fourth-order valence-electron chi connectivity index (χ4n) is 1.25. The number of ether oxygens (including phenoxy) is 2. The van der Waals surface area contributed by atoms with Crippen LogP contribution in [0.4, 0.5) is 0 Å². The summed E-state index contributed by atoms with van der Waals surface area (Å²) in [6.07, 6.45) is 3.86. The second kappa shape index (κ2) is 7.13. The van der Waals surface area contributed by atoms with Gasteiger partial charge in [-0.3, -0.25) is 4.79 Å². The number of rotatable bonds is 5. The van der Waals surface area contributed by atoms with E-state index in [0.717, 1.165) is 11.8 Å². The Bertz CT molecular complexity index is 464. The Morgan fingerprint density at radius 2 is 2.18 bits per heavy atom. The van der Waals surface area contributed by atoms with E-state index in [2.05, 4.69) is 11.8 Å². The predicted molar refractivity (Wildman–Crippen MR) is 67.0 cm³/mol. The maximum absolute atomic E-state index is 10.2. The van der Waals surface area contributed by atoms with E-state index in [9.17, 15) is 4.79 Å². The largest absolute Gasteiger partial charge is 0.493 e. The van der Waals surface area contributed by atoms with Crippen molar-refractivity contribution >= 4 is 12.4 Å². The van der Waals surface area contributed by atoms with E-state index < -0.39 is 0 Å². The molecule has 0 aromatic heterocycles. The van der Waals surface area contributed by atoms with Crippen molar-refractivity contribution in [3.8, 4) is 23.3 Å². The zero-order valence-corrected chi connectivity index (χ0v) is 9.90. The molecule has 1 rings (SSSR count). The third kappa shape index (κ3) is 4.04. The SMILES string of the molecule is CC#CCOc1cc(C=CC=O)ccc1OC. The molecule has 0 aliphatic rings. The molecule has 0 radical (unpaired) electrons. The Balaban J connectivity index is 2.91. The van der Waals surface area contributed by atoms with Crippen LogP contribution in [0.15, 0.2) is 24.3 Å². The van der Waals surface area contributed by atoms with Gasteiger partial charge in [0.1, 0.15) is 12.9 Å². The zero-order chi connectivity index (χ0) is 12.5. The number of allylic oxidation sites excluding steroid dienone is 1. The standard InChI is InChI=1S/C14H14O3/c1-3-4-10-17-14-11-12(6-5-9-15)7-8-13(14)16-2/h5-9,11H,10H2,1-2H3. The minimum atomic E-state index is 0.313. The van der Waals surface area contributed by atoms with Crippen molar-refractivity contribution in [2.75, 3.05) is 13.7 Å². The molecular formula is C14H14O3. The lowest BCUT2D eigenvalue weighted by molar-refractivity contribution is -0.104. The molecule has 0 spiro atoms. The molecule has 0 bridgehead atoms. The molecule has 0 fully saturated rings. The van der Waals surface area contributed by atoms with E-state index in [4.69, 9.17) is 9.47 Å². The van der Waals surface area contributed by atoms with Crippen LogP contribution < -0.4 is 9.47 Å². The van der Waals surface area contributed by atoms with Crippen LogP contribution in [-0.4, -0.2) is 20.0 Å². The van der Waals surface area contributed by atoms with Gasteiger partial charge in [0.15, 0.2) is 11.5 Å². The van der Waals surface area contributed by atoms with Crippen molar-refractivity contribution < 1.29 is 14.3 Å². The van der Waals surface area contributed by atoms with Gasteiger partial charge >= 0.3 is 0 Å². The molecule has 0 aliphatic carbocycles. The van der Waals surface area contributed by atoms with Crippen LogP contribution in [0.3, 0.4) is 0 Å². The van der Waals surface area contributed by atoms with Gasteiger partial charge in [0.2, 0.25) is 0 Å². The van der Waals surface area contributed by atoms with E-state index in [1.54, 1.807) is 32.2 Å². The summed E-state index contributed by atoms with van der Waals surface area (Å²) in [6, 6.07) is 5.44. The highest BCUT2D eigenvalue weighted by atomic mass is 16.5. The summed E-state index contributed by atoms with van der Waals surface area (Å²) in [5, 5.41) is 0. The second-order valence-corrected chi connectivity index (χ2v) is 3.12. The molecule has 0 saturated heterocycles. The van der Waals surface area contributed by atoms with Gasteiger partial charge in [0, 0.05) is 0 Å². The van der Waals surface area contributed by atoms with E-state index >= 15 is 0 Å². The van der Waals surface area contributed by atoms with E-state index in [1.165, 1.54) is 6.08 Å². The average molecular weight is 230 g/mol. The monoisotopic (exact) mass is 230 g/mol. The molecule has 88 valence electrons. The first kappa shape index (κ1) is 12.9. The summed E-state index contributed by atoms with van der Waals surface area (Å²) in [5.74, 6) is 6.82. The van der Waals surface area contributed by atoms with Gasteiger partial charge in [-0.2, -0.15) is 0 Å². The quantitative estimate of drug-likeness (QED) is 0.442. The van der Waals surface area contributed by atoms with Crippen LogP contribution in [0.2, 0.25) is 0 Å². The van der Waals surface area contributed by atoms with Crippen LogP contribution in [0.1, 0.15) is 12.5 Å². The van der Waals surface area contributed by atoms with Gasteiger partial charge in [-0.15, -0.1) is 5.92 Å². The molecular weight excluding hydrogens is 216 g/mol. The van der Waals surface area contributed by atoms with Gasteiger partial charge in [-0.05, 0) is 30.7 Å². The lowest BCUT2D eigenvalue weighted by Gasteiger charge is -2.09. The normalized spacial score (nSPS) is 9.53. The molecule has 17 heavy (non-hydrogen) atoms. The Morgan fingerprint density at radius 3 is 2.82 bits per heavy atom. The molecule has 0 N–H and O–H groups in total. The maximum atomic E-state index is 10.2. The Labute approximate surface area is 101 Å². The van der Waals surface area contributed by atoms with Crippen molar-refractivity contribution in [1.29, 1.82) is 0 Å². The van der Waals surface area contributed by atoms with E-state index in [0.29, 0.717) is 18.1 Å². The second-order valence-electron chi connectivity index (χ2n) is 3.12. The summed E-state index contributed by atoms with van der Waals surface area (Å²) in [4.78, 5) is 10.2. The Morgan fingerprint density at radius 1 is 1.35 bits per heavy atom. The average Bonchev–Trinajstić information content (AvgIpc) is 2.37. The molecule has 1 aromatic carbocycles. The number of hydrogen-bond donors (Lipinski definition) is 0. The lowest BCUT2D eigenvalue weighted by atomic mass is 10.2. The molecule has 3 nitrogen and oxygen atoms in total. The van der Waals surface area contributed by atoms with Crippen LogP contribution in [0, 0.1) is 11.8 Å². The molecule has 1 aromatic rings. The summed E-state index contributed by atoms with van der Waals surface area (Å²) in [6.45, 7) is 2.07. The number of aldehydes is 1. The zero-order valence-electron chi connectivity index (χ0n) is 9.90. The Kier molecular flexibility index (Phi) is 5.39. The number of carbonyl (C=O) groups excluding carboxylic acids is 1. The topological polar surface area (TPSA) is 35.5 Å². The van der Waals surface area contributed by atoms with Crippen molar-refractivity contribution in [2.24, 2.45) is 0 Å². The van der Waals surface area contributed by atoms with Gasteiger partial charge in [-0.25, -0.2) is 0 Å². The number of hydrogen-bond acceptors (Lipinski definition) is 3. The lowest BCUT2D eigenvalue weighted by Crippen LogP contribution is -1.97. The van der Waals surface area contributed by atoms with Crippen molar-refractivity contribution in [3.63, 3.8) is 0 Å². The van der Waals surface area contributed by atoms with Gasteiger partial charge in [0.05, 0.1) is 7.11 Å². The number of methoxy groups -OCH3 is 1.